The van der Waals surface area contributed by atoms with Crippen molar-refractivity contribution in [3.63, 3.8) is 0 Å². The molecule has 1 amide bonds. The number of benzene rings is 2. The van der Waals surface area contributed by atoms with Gasteiger partial charge >= 0.3 is 0 Å². The summed E-state index contributed by atoms with van der Waals surface area (Å²) in [4.78, 5) is 26.4. The Morgan fingerprint density at radius 1 is 1.19 bits per heavy atom. The Morgan fingerprint density at radius 2 is 1.85 bits per heavy atom. The lowest BCUT2D eigenvalue weighted by Gasteiger charge is -2.25. The summed E-state index contributed by atoms with van der Waals surface area (Å²) < 4.78 is 19.5. The first kappa shape index (κ1) is 19.1. The van der Waals surface area contributed by atoms with E-state index in [2.05, 4.69) is 0 Å². The maximum Gasteiger partial charge on any atom is 0.295 e. The van der Waals surface area contributed by atoms with Crippen LogP contribution in [-0.4, -0.2) is 42.0 Å². The van der Waals surface area contributed by atoms with Gasteiger partial charge in [0.1, 0.15) is 11.6 Å². The van der Waals surface area contributed by atoms with Gasteiger partial charge in [-0.1, -0.05) is 29.8 Å². The second-order valence-corrected chi connectivity index (χ2v) is 6.45. The number of likely N-dealkylation sites (tertiary alicyclic amines) is 1. The van der Waals surface area contributed by atoms with Crippen LogP contribution in [0.25, 0.3) is 5.76 Å². The number of ether oxygens (including phenoxy) is 1. The molecule has 1 N–H and O–H groups in total. The number of halogens is 2. The quantitative estimate of drug-likeness (QED) is 0.482. The first-order valence-corrected chi connectivity index (χ1v) is 8.61. The molecule has 7 heteroatoms. The molecule has 0 unspecified atom stereocenters. The van der Waals surface area contributed by atoms with E-state index in [1.54, 1.807) is 18.2 Å². The summed E-state index contributed by atoms with van der Waals surface area (Å²) in [6.07, 6.45) is 0. The van der Waals surface area contributed by atoms with Crippen molar-refractivity contribution in [1.29, 1.82) is 0 Å². The van der Waals surface area contributed by atoms with Gasteiger partial charge in [0, 0.05) is 29.8 Å². The first-order valence-electron chi connectivity index (χ1n) is 8.23. The van der Waals surface area contributed by atoms with Crippen molar-refractivity contribution in [2.45, 2.75) is 6.04 Å². The smallest absolute Gasteiger partial charge is 0.295 e. The number of rotatable bonds is 5. The van der Waals surface area contributed by atoms with Crippen molar-refractivity contribution in [2.75, 3.05) is 20.3 Å². The van der Waals surface area contributed by atoms with Gasteiger partial charge in [-0.2, -0.15) is 0 Å². The number of aliphatic hydroxyl groups is 1. The highest BCUT2D eigenvalue weighted by Gasteiger charge is 2.46. The molecule has 140 valence electrons. The molecule has 5 nitrogen and oxygen atoms in total. The van der Waals surface area contributed by atoms with Gasteiger partial charge in [0.2, 0.25) is 0 Å². The summed E-state index contributed by atoms with van der Waals surface area (Å²) >= 11 is 5.86. The van der Waals surface area contributed by atoms with E-state index in [-0.39, 0.29) is 30.0 Å². The lowest BCUT2D eigenvalue weighted by Crippen LogP contribution is -2.33. The third-order valence-corrected chi connectivity index (χ3v) is 4.65. The van der Waals surface area contributed by atoms with Gasteiger partial charge in [0.05, 0.1) is 18.2 Å². The van der Waals surface area contributed by atoms with Crippen LogP contribution in [0.2, 0.25) is 5.02 Å². The molecule has 2 aromatic carbocycles. The van der Waals surface area contributed by atoms with Gasteiger partial charge in [-0.25, -0.2) is 4.39 Å². The van der Waals surface area contributed by atoms with Crippen LogP contribution >= 0.6 is 11.6 Å². The van der Waals surface area contributed by atoms with Gasteiger partial charge in [-0.15, -0.1) is 0 Å². The highest BCUT2D eigenvalue weighted by atomic mass is 35.5. The molecule has 0 aliphatic carbocycles. The Balaban J connectivity index is 2.18. The summed E-state index contributed by atoms with van der Waals surface area (Å²) in [5.74, 6) is -2.63. The molecule has 3 rings (SSSR count). The number of aliphatic hydroxyl groups excluding tert-OH is 1. The van der Waals surface area contributed by atoms with Gasteiger partial charge in [0.15, 0.2) is 0 Å². The van der Waals surface area contributed by atoms with Crippen LogP contribution in [0.15, 0.2) is 54.1 Å². The lowest BCUT2D eigenvalue weighted by atomic mass is 9.95. The Kier molecular flexibility index (Phi) is 5.58. The predicted octanol–water partition coefficient (Wildman–Crippen LogP) is 3.55. The van der Waals surface area contributed by atoms with Gasteiger partial charge in [-0.05, 0) is 30.3 Å². The average molecular weight is 390 g/mol. The topological polar surface area (TPSA) is 66.8 Å². The first-order chi connectivity index (χ1) is 13.0. The maximum absolute atomic E-state index is 14.5. The Hall–Kier alpha value is -2.70. The van der Waals surface area contributed by atoms with E-state index in [9.17, 15) is 19.1 Å². The van der Waals surface area contributed by atoms with E-state index in [1.165, 1.54) is 42.3 Å². The molecular formula is C20H17ClFNO4. The fourth-order valence-corrected chi connectivity index (χ4v) is 3.21. The van der Waals surface area contributed by atoms with Crippen molar-refractivity contribution in [1.82, 2.24) is 4.90 Å². The molecule has 1 saturated heterocycles. The molecule has 1 aliphatic heterocycles. The average Bonchev–Trinajstić information content (AvgIpc) is 2.91. The molecule has 1 heterocycles. The lowest BCUT2D eigenvalue weighted by molar-refractivity contribution is -0.140. The molecule has 1 aliphatic rings. The zero-order valence-corrected chi connectivity index (χ0v) is 15.2. The second kappa shape index (κ2) is 7.90. The fourth-order valence-electron chi connectivity index (χ4n) is 3.08. The number of hydrogen-bond donors (Lipinski definition) is 1. The predicted molar refractivity (Wildman–Crippen MR) is 98.7 cm³/mol. The highest BCUT2D eigenvalue weighted by molar-refractivity contribution is 6.46. The van der Waals surface area contributed by atoms with Gasteiger partial charge in [-0.3, -0.25) is 9.59 Å². The van der Waals surface area contributed by atoms with Crippen molar-refractivity contribution >= 4 is 29.1 Å². The maximum atomic E-state index is 14.5. The third-order valence-electron chi connectivity index (χ3n) is 4.39. The molecular weight excluding hydrogens is 373 g/mol. The van der Waals surface area contributed by atoms with Crippen LogP contribution in [0, 0.1) is 5.82 Å². The summed E-state index contributed by atoms with van der Waals surface area (Å²) in [7, 11) is 1.46. The van der Waals surface area contributed by atoms with Crippen LogP contribution in [0.5, 0.6) is 0 Å². The number of carbonyl (C=O) groups is 2. The normalized spacial score (nSPS) is 18.9. The summed E-state index contributed by atoms with van der Waals surface area (Å²) in [5.41, 5.74) is 0.275. The standard InChI is InChI=1S/C20H17ClFNO4/c1-27-11-10-23-17(14-4-2-3-5-15(14)22)16(19(25)20(23)26)18(24)12-6-8-13(21)9-7-12/h2-9,17,24H,10-11H2,1H3/b18-16+/t17-/m1/s1. The van der Waals surface area contributed by atoms with Crippen LogP contribution in [0.1, 0.15) is 17.2 Å². The van der Waals surface area contributed by atoms with E-state index < -0.39 is 23.5 Å². The van der Waals surface area contributed by atoms with E-state index in [4.69, 9.17) is 16.3 Å². The SMILES string of the molecule is COCCN1C(=O)C(=O)/C(=C(/O)c2ccc(Cl)cc2)[C@H]1c1ccccc1F. The minimum Gasteiger partial charge on any atom is -0.507 e. The van der Waals surface area contributed by atoms with Crippen molar-refractivity contribution in [3.05, 3.63) is 76.1 Å². The molecule has 0 radical (unpaired) electrons. The number of nitrogens with zero attached hydrogens (tertiary/aromatic N) is 1. The Bertz CT molecular complexity index is 910. The minimum atomic E-state index is -1.04. The zero-order valence-electron chi connectivity index (χ0n) is 14.5. The fraction of sp³-hybridized carbons (Fsp3) is 0.200. The number of Topliss-reactive ketones (excluding diaryl/α,β-unsaturated/α-hetero) is 1. The number of ketones is 1. The van der Waals surface area contributed by atoms with E-state index in [0.717, 1.165) is 0 Å². The largest absolute Gasteiger partial charge is 0.507 e. The number of carbonyl (C=O) groups excluding carboxylic acids is 2. The van der Waals surface area contributed by atoms with Crippen LogP contribution in [0.3, 0.4) is 0 Å². The Morgan fingerprint density at radius 3 is 2.48 bits per heavy atom. The van der Waals surface area contributed by atoms with Crippen molar-refractivity contribution in [3.8, 4) is 0 Å². The molecule has 1 atom stereocenters. The van der Waals surface area contributed by atoms with Crippen LogP contribution in [-0.2, 0) is 14.3 Å². The molecule has 0 saturated carbocycles. The summed E-state index contributed by atoms with van der Waals surface area (Å²) in [6, 6.07) is 11.0. The van der Waals surface area contributed by atoms with Gasteiger partial charge < -0.3 is 14.7 Å². The number of amides is 1. The summed E-state index contributed by atoms with van der Waals surface area (Å²) in [6.45, 7) is 0.246. The molecule has 2 aromatic rings. The van der Waals surface area contributed by atoms with Crippen molar-refractivity contribution in [2.24, 2.45) is 0 Å². The summed E-state index contributed by atoms with van der Waals surface area (Å²) in [5, 5.41) is 11.2. The minimum absolute atomic E-state index is 0.0808. The van der Waals surface area contributed by atoms with Crippen LogP contribution < -0.4 is 0 Å². The van der Waals surface area contributed by atoms with E-state index >= 15 is 0 Å². The zero-order chi connectivity index (χ0) is 19.6. The number of methoxy groups -OCH3 is 1. The number of hydrogen-bond acceptors (Lipinski definition) is 4. The molecule has 0 spiro atoms. The third kappa shape index (κ3) is 3.59. The molecule has 0 aromatic heterocycles. The molecule has 1 fully saturated rings. The monoisotopic (exact) mass is 389 g/mol. The Labute approximate surface area is 160 Å². The van der Waals surface area contributed by atoms with Crippen molar-refractivity contribution < 1.29 is 23.8 Å². The van der Waals surface area contributed by atoms with E-state index in [0.29, 0.717) is 10.6 Å². The van der Waals surface area contributed by atoms with E-state index in [1.807, 2.05) is 0 Å². The van der Waals surface area contributed by atoms with Crippen LogP contribution in [0.4, 0.5) is 4.39 Å². The molecule has 27 heavy (non-hydrogen) atoms. The highest BCUT2D eigenvalue weighted by Crippen LogP contribution is 2.40. The molecule has 0 bridgehead atoms. The second-order valence-electron chi connectivity index (χ2n) is 6.01. The van der Waals surface area contributed by atoms with Gasteiger partial charge in [0.25, 0.3) is 11.7 Å².